The lowest BCUT2D eigenvalue weighted by Crippen LogP contribution is -2.37. The zero-order valence-corrected chi connectivity index (χ0v) is 10.5. The van der Waals surface area contributed by atoms with Crippen LogP contribution in [-0.4, -0.2) is 19.8 Å². The molecule has 0 fully saturated rings. The van der Waals surface area contributed by atoms with E-state index in [1.165, 1.54) is 6.07 Å². The summed E-state index contributed by atoms with van der Waals surface area (Å²) in [4.78, 5) is 0. The summed E-state index contributed by atoms with van der Waals surface area (Å²) in [5, 5.41) is 3.17. The van der Waals surface area contributed by atoms with Crippen molar-refractivity contribution in [2.24, 2.45) is 5.92 Å². The molecule has 1 aromatic carbocycles. The Bertz CT molecular complexity index is 355. The summed E-state index contributed by atoms with van der Waals surface area (Å²) in [5.74, 6) is -0.443. The smallest absolute Gasteiger partial charge is 0.127 e. The fourth-order valence-electron chi connectivity index (χ4n) is 1.59. The zero-order chi connectivity index (χ0) is 12.8. The van der Waals surface area contributed by atoms with Gasteiger partial charge >= 0.3 is 0 Å². The van der Waals surface area contributed by atoms with Gasteiger partial charge in [0.2, 0.25) is 0 Å². The summed E-state index contributed by atoms with van der Waals surface area (Å²) in [6.07, 6.45) is 0. The van der Waals surface area contributed by atoms with Crippen LogP contribution < -0.4 is 5.32 Å². The number of hydrogen-bond acceptors (Lipinski definition) is 2. The monoisotopic (exact) mass is 243 g/mol. The summed E-state index contributed by atoms with van der Waals surface area (Å²) in [5.41, 5.74) is 0.340. The molecule has 1 aromatic rings. The molecule has 4 heteroatoms. The molecule has 1 unspecified atom stereocenters. The molecule has 0 radical (unpaired) electrons. The van der Waals surface area contributed by atoms with Crippen molar-refractivity contribution >= 4 is 0 Å². The first-order chi connectivity index (χ1) is 8.04. The number of benzene rings is 1. The highest BCUT2D eigenvalue weighted by Crippen LogP contribution is 2.11. The highest BCUT2D eigenvalue weighted by molar-refractivity contribution is 5.18. The molecule has 1 rings (SSSR count). The lowest BCUT2D eigenvalue weighted by atomic mass is 10.0. The highest BCUT2D eigenvalue weighted by Gasteiger charge is 2.13. The zero-order valence-electron chi connectivity index (χ0n) is 10.5. The second-order valence-electron chi connectivity index (χ2n) is 4.42. The molecule has 0 amide bonds. The topological polar surface area (TPSA) is 21.3 Å². The Morgan fingerprint density at radius 3 is 2.59 bits per heavy atom. The minimum atomic E-state index is -0.420. The first-order valence-electron chi connectivity index (χ1n) is 5.70. The third-order valence-corrected chi connectivity index (χ3v) is 2.71. The third-order valence-electron chi connectivity index (χ3n) is 2.71. The number of rotatable bonds is 6. The van der Waals surface area contributed by atoms with E-state index >= 15 is 0 Å². The van der Waals surface area contributed by atoms with E-state index in [-0.39, 0.29) is 11.9 Å². The van der Waals surface area contributed by atoms with E-state index in [0.717, 1.165) is 12.1 Å². The molecule has 0 bridgehead atoms. The molecular formula is C13H19F2NO. The van der Waals surface area contributed by atoms with Crippen molar-refractivity contribution in [2.45, 2.75) is 26.4 Å². The number of halogens is 2. The summed E-state index contributed by atoms with van der Waals surface area (Å²) in [6, 6.07) is 3.61. The Kier molecular flexibility index (Phi) is 5.51. The van der Waals surface area contributed by atoms with Crippen LogP contribution in [0.15, 0.2) is 18.2 Å². The maximum absolute atomic E-state index is 13.4. The summed E-state index contributed by atoms with van der Waals surface area (Å²) in [6.45, 7) is 4.96. The summed E-state index contributed by atoms with van der Waals surface area (Å²) < 4.78 is 31.4. The third kappa shape index (κ3) is 4.40. The van der Waals surface area contributed by atoms with Crippen molar-refractivity contribution in [2.75, 3.05) is 13.7 Å². The van der Waals surface area contributed by atoms with Gasteiger partial charge in [0, 0.05) is 25.3 Å². The van der Waals surface area contributed by atoms with Gasteiger partial charge in [-0.1, -0.05) is 13.8 Å². The molecule has 96 valence electrons. The molecule has 1 atom stereocenters. The van der Waals surface area contributed by atoms with Gasteiger partial charge in [-0.2, -0.15) is 0 Å². The van der Waals surface area contributed by atoms with Crippen LogP contribution in [0.25, 0.3) is 0 Å². The lowest BCUT2D eigenvalue weighted by molar-refractivity contribution is 0.146. The van der Waals surface area contributed by atoms with Gasteiger partial charge in [0.1, 0.15) is 11.6 Å². The summed E-state index contributed by atoms with van der Waals surface area (Å²) >= 11 is 0. The minimum absolute atomic E-state index is 0.127. The van der Waals surface area contributed by atoms with Crippen LogP contribution in [0.2, 0.25) is 0 Å². The molecule has 2 nitrogen and oxygen atoms in total. The maximum atomic E-state index is 13.4. The molecule has 17 heavy (non-hydrogen) atoms. The molecule has 0 saturated heterocycles. The van der Waals surface area contributed by atoms with Gasteiger partial charge in [-0.25, -0.2) is 8.78 Å². The van der Waals surface area contributed by atoms with E-state index in [1.807, 2.05) is 0 Å². The van der Waals surface area contributed by atoms with Crippen LogP contribution in [0.5, 0.6) is 0 Å². The van der Waals surface area contributed by atoms with Crippen molar-refractivity contribution in [3.05, 3.63) is 35.4 Å². The first kappa shape index (κ1) is 14.1. The number of methoxy groups -OCH3 is 1. The number of nitrogens with one attached hydrogen (secondary N) is 1. The quantitative estimate of drug-likeness (QED) is 0.829. The normalized spacial score (nSPS) is 13.1. The van der Waals surface area contributed by atoms with Gasteiger partial charge in [0.15, 0.2) is 0 Å². The van der Waals surface area contributed by atoms with Crippen molar-refractivity contribution in [3.8, 4) is 0 Å². The molecular weight excluding hydrogens is 224 g/mol. The predicted molar refractivity (Wildman–Crippen MR) is 63.7 cm³/mol. The average Bonchev–Trinajstić information content (AvgIpc) is 2.28. The van der Waals surface area contributed by atoms with Gasteiger partial charge in [-0.05, 0) is 24.1 Å². The van der Waals surface area contributed by atoms with Crippen LogP contribution in [0.4, 0.5) is 8.78 Å². The molecule has 0 saturated carbocycles. The van der Waals surface area contributed by atoms with Gasteiger partial charge in [-0.3, -0.25) is 0 Å². The fraction of sp³-hybridized carbons (Fsp3) is 0.538. The summed E-state index contributed by atoms with van der Waals surface area (Å²) in [7, 11) is 1.62. The Labute approximate surface area is 101 Å². The molecule has 0 heterocycles. The minimum Gasteiger partial charge on any atom is -0.383 e. The average molecular weight is 243 g/mol. The van der Waals surface area contributed by atoms with Crippen molar-refractivity contribution in [1.29, 1.82) is 0 Å². The van der Waals surface area contributed by atoms with Crippen molar-refractivity contribution < 1.29 is 13.5 Å². The number of ether oxygens (including phenoxy) is 1. The van der Waals surface area contributed by atoms with Gasteiger partial charge in [0.05, 0.1) is 6.61 Å². The van der Waals surface area contributed by atoms with Crippen LogP contribution in [0.3, 0.4) is 0 Å². The van der Waals surface area contributed by atoms with Crippen molar-refractivity contribution in [3.63, 3.8) is 0 Å². The van der Waals surface area contributed by atoms with E-state index in [0.29, 0.717) is 24.6 Å². The van der Waals surface area contributed by atoms with E-state index in [2.05, 4.69) is 19.2 Å². The van der Waals surface area contributed by atoms with Crippen molar-refractivity contribution in [1.82, 2.24) is 5.32 Å². The Balaban J connectivity index is 2.61. The Hall–Kier alpha value is -1.00. The Morgan fingerprint density at radius 2 is 2.00 bits per heavy atom. The van der Waals surface area contributed by atoms with Crippen LogP contribution in [-0.2, 0) is 11.3 Å². The van der Waals surface area contributed by atoms with Crippen LogP contribution >= 0.6 is 0 Å². The molecule has 0 aliphatic rings. The highest BCUT2D eigenvalue weighted by atomic mass is 19.1. The fourth-order valence-corrected chi connectivity index (χ4v) is 1.59. The molecule has 0 spiro atoms. The SMILES string of the molecule is COCC(NCc1cc(F)ccc1F)C(C)C. The van der Waals surface area contributed by atoms with Gasteiger partial charge in [-0.15, -0.1) is 0 Å². The van der Waals surface area contributed by atoms with Crippen LogP contribution in [0.1, 0.15) is 19.4 Å². The molecule has 1 N–H and O–H groups in total. The second-order valence-corrected chi connectivity index (χ2v) is 4.42. The second kappa shape index (κ2) is 6.67. The predicted octanol–water partition coefficient (Wildman–Crippen LogP) is 2.73. The Morgan fingerprint density at radius 1 is 1.29 bits per heavy atom. The van der Waals surface area contributed by atoms with E-state index in [9.17, 15) is 8.78 Å². The van der Waals surface area contributed by atoms with E-state index < -0.39 is 5.82 Å². The van der Waals surface area contributed by atoms with Crippen LogP contribution in [0, 0.1) is 17.6 Å². The van der Waals surface area contributed by atoms with E-state index in [4.69, 9.17) is 4.74 Å². The largest absolute Gasteiger partial charge is 0.383 e. The molecule has 0 aliphatic carbocycles. The number of hydrogen-bond donors (Lipinski definition) is 1. The molecule has 0 aliphatic heterocycles. The molecule has 0 aromatic heterocycles. The lowest BCUT2D eigenvalue weighted by Gasteiger charge is -2.21. The first-order valence-corrected chi connectivity index (χ1v) is 5.70. The van der Waals surface area contributed by atoms with Gasteiger partial charge in [0.25, 0.3) is 0 Å². The maximum Gasteiger partial charge on any atom is 0.127 e. The standard InChI is InChI=1S/C13H19F2NO/c1-9(2)13(8-17-3)16-7-10-6-11(14)4-5-12(10)15/h4-6,9,13,16H,7-8H2,1-3H3. The van der Waals surface area contributed by atoms with E-state index in [1.54, 1.807) is 7.11 Å². The van der Waals surface area contributed by atoms with Gasteiger partial charge < -0.3 is 10.1 Å².